The first kappa shape index (κ1) is 16.2. The molecule has 1 aromatic carbocycles. The summed E-state index contributed by atoms with van der Waals surface area (Å²) < 4.78 is 18.1. The van der Waals surface area contributed by atoms with Crippen molar-refractivity contribution in [3.05, 3.63) is 54.0 Å². The molecule has 6 heteroatoms. The van der Waals surface area contributed by atoms with E-state index in [-0.39, 0.29) is 18.3 Å². The van der Waals surface area contributed by atoms with Gasteiger partial charge in [-0.15, -0.1) is 0 Å². The number of halogens is 1. The Bertz CT molecular complexity index is 668. The second-order valence-corrected chi connectivity index (χ2v) is 5.74. The first-order valence-corrected chi connectivity index (χ1v) is 8.06. The van der Waals surface area contributed by atoms with Gasteiger partial charge >= 0.3 is 0 Å². The first-order valence-electron chi connectivity index (χ1n) is 8.06. The van der Waals surface area contributed by atoms with Crippen LogP contribution in [0.4, 0.5) is 10.2 Å². The van der Waals surface area contributed by atoms with Crippen molar-refractivity contribution >= 4 is 11.7 Å². The Balaban J connectivity index is 1.43. The van der Waals surface area contributed by atoms with Crippen LogP contribution in [-0.2, 0) is 11.3 Å². The molecule has 1 aliphatic rings. The Morgan fingerprint density at radius 3 is 2.58 bits per heavy atom. The molecule has 0 spiro atoms. The topological polar surface area (TPSA) is 54.5 Å². The van der Waals surface area contributed by atoms with E-state index in [0.29, 0.717) is 12.3 Å². The van der Waals surface area contributed by atoms with Gasteiger partial charge in [-0.2, -0.15) is 0 Å². The van der Waals surface area contributed by atoms with E-state index >= 15 is 0 Å². The number of hydrogen-bond donors (Lipinski definition) is 1. The second kappa shape index (κ2) is 7.77. The average Bonchev–Trinajstić information content (AvgIpc) is 3.14. The van der Waals surface area contributed by atoms with E-state index in [0.717, 1.165) is 24.5 Å². The molecule has 5 nitrogen and oxygen atoms in total. The molecule has 0 aliphatic carbocycles. The van der Waals surface area contributed by atoms with Crippen LogP contribution < -0.4 is 15.0 Å². The van der Waals surface area contributed by atoms with Crippen molar-refractivity contribution in [3.63, 3.8) is 0 Å². The maximum atomic E-state index is 12.8. The average molecular weight is 329 g/mol. The van der Waals surface area contributed by atoms with E-state index in [1.54, 1.807) is 6.20 Å². The van der Waals surface area contributed by atoms with Crippen LogP contribution in [0.25, 0.3) is 0 Å². The van der Waals surface area contributed by atoms with Gasteiger partial charge in [0.15, 0.2) is 6.61 Å². The molecule has 0 radical (unpaired) electrons. The quantitative estimate of drug-likeness (QED) is 0.885. The molecule has 1 saturated heterocycles. The van der Waals surface area contributed by atoms with Gasteiger partial charge in [-0.25, -0.2) is 9.37 Å². The monoisotopic (exact) mass is 329 g/mol. The Hall–Kier alpha value is -2.63. The lowest BCUT2D eigenvalue weighted by atomic mass is 10.2. The fraction of sp³-hybridized carbons (Fsp3) is 0.333. The maximum Gasteiger partial charge on any atom is 0.258 e. The summed E-state index contributed by atoms with van der Waals surface area (Å²) in [6, 6.07) is 9.53. The fourth-order valence-corrected chi connectivity index (χ4v) is 2.59. The molecule has 0 bridgehead atoms. The van der Waals surface area contributed by atoms with Crippen LogP contribution in [0, 0.1) is 5.82 Å². The summed E-state index contributed by atoms with van der Waals surface area (Å²) in [4.78, 5) is 18.5. The van der Waals surface area contributed by atoms with Crippen molar-refractivity contribution in [2.45, 2.75) is 19.4 Å². The molecule has 0 unspecified atom stereocenters. The molecular weight excluding hydrogens is 309 g/mol. The smallest absolute Gasteiger partial charge is 0.258 e. The van der Waals surface area contributed by atoms with Crippen LogP contribution in [0.2, 0.25) is 0 Å². The largest absolute Gasteiger partial charge is 0.484 e. The van der Waals surface area contributed by atoms with Crippen LogP contribution in [0.3, 0.4) is 0 Å². The van der Waals surface area contributed by atoms with E-state index < -0.39 is 0 Å². The number of hydrogen-bond acceptors (Lipinski definition) is 4. The van der Waals surface area contributed by atoms with Crippen LogP contribution >= 0.6 is 0 Å². The highest BCUT2D eigenvalue weighted by atomic mass is 19.1. The minimum atomic E-state index is -0.336. The number of carbonyl (C=O) groups is 1. The lowest BCUT2D eigenvalue weighted by molar-refractivity contribution is -0.123. The van der Waals surface area contributed by atoms with E-state index in [1.165, 1.54) is 37.1 Å². The minimum absolute atomic E-state index is 0.106. The van der Waals surface area contributed by atoms with Crippen molar-refractivity contribution in [1.29, 1.82) is 0 Å². The molecule has 0 saturated carbocycles. The van der Waals surface area contributed by atoms with Crippen molar-refractivity contribution in [2.75, 3.05) is 24.6 Å². The summed E-state index contributed by atoms with van der Waals surface area (Å²) in [5.41, 5.74) is 0.938. The van der Waals surface area contributed by atoms with Crippen molar-refractivity contribution in [3.8, 4) is 5.75 Å². The Morgan fingerprint density at radius 1 is 1.17 bits per heavy atom. The molecule has 1 amide bonds. The van der Waals surface area contributed by atoms with Gasteiger partial charge in [0.05, 0.1) is 0 Å². The second-order valence-electron chi connectivity index (χ2n) is 5.74. The van der Waals surface area contributed by atoms with Gasteiger partial charge in [0.2, 0.25) is 0 Å². The lowest BCUT2D eigenvalue weighted by Crippen LogP contribution is -2.28. The number of ether oxygens (including phenoxy) is 1. The number of carbonyl (C=O) groups excluding carboxylic acids is 1. The van der Waals surface area contributed by atoms with Crippen LogP contribution in [-0.4, -0.2) is 30.6 Å². The van der Waals surface area contributed by atoms with Gasteiger partial charge in [0.1, 0.15) is 17.4 Å². The first-order chi connectivity index (χ1) is 11.7. The summed E-state index contributed by atoms with van der Waals surface area (Å²) in [7, 11) is 0. The van der Waals surface area contributed by atoms with E-state index in [1.807, 2.05) is 12.1 Å². The third-order valence-electron chi connectivity index (χ3n) is 3.91. The summed E-state index contributed by atoms with van der Waals surface area (Å²) >= 11 is 0. The molecular formula is C18H20FN3O2. The Labute approximate surface area is 140 Å². The van der Waals surface area contributed by atoms with Gasteiger partial charge in [-0.3, -0.25) is 4.79 Å². The predicted octanol–water partition coefficient (Wildman–Crippen LogP) is 2.52. The Morgan fingerprint density at radius 2 is 1.92 bits per heavy atom. The van der Waals surface area contributed by atoms with Crippen LogP contribution in [0.1, 0.15) is 18.4 Å². The van der Waals surface area contributed by atoms with Gasteiger partial charge in [0.25, 0.3) is 5.91 Å². The molecule has 126 valence electrons. The van der Waals surface area contributed by atoms with Crippen LogP contribution in [0.15, 0.2) is 42.6 Å². The molecule has 1 N–H and O–H groups in total. The number of nitrogens with zero attached hydrogens (tertiary/aromatic N) is 2. The number of rotatable bonds is 6. The van der Waals surface area contributed by atoms with E-state index in [4.69, 9.17) is 4.74 Å². The summed E-state index contributed by atoms with van der Waals surface area (Å²) in [6.07, 6.45) is 4.22. The number of benzene rings is 1. The maximum absolute atomic E-state index is 12.8. The molecule has 1 aliphatic heterocycles. The fourth-order valence-electron chi connectivity index (χ4n) is 2.59. The third kappa shape index (κ3) is 4.44. The zero-order valence-corrected chi connectivity index (χ0v) is 13.4. The highest BCUT2D eigenvalue weighted by Crippen LogP contribution is 2.17. The van der Waals surface area contributed by atoms with Gasteiger partial charge in [-0.1, -0.05) is 6.07 Å². The molecule has 3 rings (SSSR count). The number of amides is 1. The summed E-state index contributed by atoms with van der Waals surface area (Å²) in [5, 5.41) is 2.78. The van der Waals surface area contributed by atoms with Gasteiger partial charge in [-0.05, 0) is 48.7 Å². The standard InChI is InChI=1S/C18H20FN3O2/c19-15-4-6-16(7-5-15)24-13-18(23)21-12-14-3-8-17(20-11-14)22-9-1-2-10-22/h3-8,11H,1-2,9-10,12-13H2,(H,21,23). The number of aromatic nitrogens is 1. The van der Waals surface area contributed by atoms with Crippen molar-refractivity contribution in [1.82, 2.24) is 10.3 Å². The lowest BCUT2D eigenvalue weighted by Gasteiger charge is -2.16. The van der Waals surface area contributed by atoms with Crippen molar-refractivity contribution < 1.29 is 13.9 Å². The zero-order valence-electron chi connectivity index (χ0n) is 13.4. The normalized spacial score (nSPS) is 13.8. The van der Waals surface area contributed by atoms with E-state index in [9.17, 15) is 9.18 Å². The van der Waals surface area contributed by atoms with Crippen LogP contribution in [0.5, 0.6) is 5.75 Å². The molecule has 2 heterocycles. The number of nitrogens with one attached hydrogen (secondary N) is 1. The van der Waals surface area contributed by atoms with Gasteiger partial charge in [0, 0.05) is 25.8 Å². The SMILES string of the molecule is O=C(COc1ccc(F)cc1)NCc1ccc(N2CCCC2)nc1. The van der Waals surface area contributed by atoms with Gasteiger partial charge < -0.3 is 15.0 Å². The molecule has 1 fully saturated rings. The predicted molar refractivity (Wildman–Crippen MR) is 89.4 cm³/mol. The van der Waals surface area contributed by atoms with Crippen molar-refractivity contribution in [2.24, 2.45) is 0 Å². The number of pyridine rings is 1. The molecule has 1 aromatic heterocycles. The summed E-state index contributed by atoms with van der Waals surface area (Å²) in [5.74, 6) is 0.880. The highest BCUT2D eigenvalue weighted by molar-refractivity contribution is 5.77. The number of anilines is 1. The highest BCUT2D eigenvalue weighted by Gasteiger charge is 2.13. The molecule has 0 atom stereocenters. The summed E-state index contributed by atoms with van der Waals surface area (Å²) in [6.45, 7) is 2.41. The molecule has 24 heavy (non-hydrogen) atoms. The van der Waals surface area contributed by atoms with E-state index in [2.05, 4.69) is 15.2 Å². The molecule has 2 aromatic rings. The Kier molecular flexibility index (Phi) is 5.25. The zero-order chi connectivity index (χ0) is 16.8. The minimum Gasteiger partial charge on any atom is -0.484 e. The third-order valence-corrected chi connectivity index (χ3v) is 3.91.